The highest BCUT2D eigenvalue weighted by Gasteiger charge is 2.28. The van der Waals surface area contributed by atoms with Gasteiger partial charge in [-0.25, -0.2) is 4.79 Å². The maximum atomic E-state index is 12.0. The van der Waals surface area contributed by atoms with Crippen molar-refractivity contribution in [3.05, 3.63) is 23.8 Å². The summed E-state index contributed by atoms with van der Waals surface area (Å²) in [7, 11) is 4.82. The number of methoxy groups -OCH3 is 2. The first-order chi connectivity index (χ1) is 12.1. The molecule has 1 aromatic rings. The molecule has 0 radical (unpaired) electrons. The molecule has 0 aliphatic heterocycles. The van der Waals surface area contributed by atoms with E-state index < -0.39 is 24.7 Å². The first-order valence-corrected chi connectivity index (χ1v) is 7.81. The van der Waals surface area contributed by atoms with Crippen molar-refractivity contribution < 1.29 is 37.1 Å². The van der Waals surface area contributed by atoms with Crippen molar-refractivity contribution in [2.45, 2.75) is 12.6 Å². The van der Waals surface area contributed by atoms with E-state index in [1.807, 2.05) is 17.4 Å². The smallest absolute Gasteiger partial charge is 0.405 e. The number of carbonyl (C=O) groups excluding carboxylic acids is 2. The van der Waals surface area contributed by atoms with E-state index in [-0.39, 0.29) is 6.54 Å². The minimum atomic E-state index is -4.53. The van der Waals surface area contributed by atoms with Crippen LogP contribution in [0.3, 0.4) is 0 Å². The van der Waals surface area contributed by atoms with Crippen LogP contribution < -0.4 is 25.0 Å². The molecular weight excluding hydrogens is 355 g/mol. The molecule has 0 saturated carbocycles. The number of rotatable bonds is 8. The van der Waals surface area contributed by atoms with Crippen molar-refractivity contribution in [1.82, 2.24) is 10.6 Å². The fourth-order valence-electron chi connectivity index (χ4n) is 2.15. The number of nitrogens with one attached hydrogen (secondary N) is 3. The second-order valence-electron chi connectivity index (χ2n) is 5.67. The molecule has 0 aliphatic rings. The van der Waals surface area contributed by atoms with Gasteiger partial charge in [0, 0.05) is 6.42 Å². The number of hydrogen-bond acceptors (Lipinski definition) is 4. The maximum absolute atomic E-state index is 12.0. The monoisotopic (exact) mass is 378 g/mol. The standard InChI is InChI=1S/C16H22F3N3O4/c1-22(9-14(23)21-15(24)20-10-16(17,18)19)7-6-11-4-5-12(25-2)13(8-11)26-3/h4-5,8H,6-7,9-10H2,1-3H3,(H2,20,21,23,24)/p+1. The molecule has 1 unspecified atom stereocenters. The van der Waals surface area contributed by atoms with Crippen LogP contribution in [0.1, 0.15) is 5.56 Å². The highest BCUT2D eigenvalue weighted by molar-refractivity contribution is 5.94. The van der Waals surface area contributed by atoms with Crippen molar-refractivity contribution in [3.63, 3.8) is 0 Å². The van der Waals surface area contributed by atoms with Gasteiger partial charge in [-0.05, 0) is 17.7 Å². The van der Waals surface area contributed by atoms with Crippen LogP contribution in [0.4, 0.5) is 18.0 Å². The van der Waals surface area contributed by atoms with Gasteiger partial charge < -0.3 is 19.7 Å². The number of benzene rings is 1. The topological polar surface area (TPSA) is 81.1 Å². The molecular formula is C16H23F3N3O4+. The normalized spacial score (nSPS) is 12.2. The lowest BCUT2D eigenvalue weighted by Crippen LogP contribution is -3.10. The van der Waals surface area contributed by atoms with Crippen LogP contribution in [-0.4, -0.2) is 59.0 Å². The second-order valence-corrected chi connectivity index (χ2v) is 5.67. The maximum Gasteiger partial charge on any atom is 0.405 e. The first kappa shape index (κ1) is 21.6. The Labute approximate surface area is 149 Å². The van der Waals surface area contributed by atoms with E-state index in [9.17, 15) is 22.8 Å². The Morgan fingerprint density at radius 2 is 1.81 bits per heavy atom. The van der Waals surface area contributed by atoms with E-state index in [1.165, 1.54) is 7.11 Å². The number of carbonyl (C=O) groups is 2. The Morgan fingerprint density at radius 3 is 2.38 bits per heavy atom. The van der Waals surface area contributed by atoms with Crippen LogP contribution in [0, 0.1) is 0 Å². The van der Waals surface area contributed by atoms with E-state index >= 15 is 0 Å². The van der Waals surface area contributed by atoms with E-state index in [0.29, 0.717) is 24.5 Å². The van der Waals surface area contributed by atoms with Crippen molar-refractivity contribution >= 4 is 11.9 Å². The highest BCUT2D eigenvalue weighted by Crippen LogP contribution is 2.27. The number of ether oxygens (including phenoxy) is 2. The Bertz CT molecular complexity index is 623. The molecule has 3 amide bonds. The van der Waals surface area contributed by atoms with Gasteiger partial charge in [-0.3, -0.25) is 10.1 Å². The van der Waals surface area contributed by atoms with E-state index in [1.54, 1.807) is 25.5 Å². The number of alkyl halides is 3. The summed E-state index contributed by atoms with van der Waals surface area (Å²) >= 11 is 0. The van der Waals surface area contributed by atoms with Crippen molar-refractivity contribution in [3.8, 4) is 11.5 Å². The quantitative estimate of drug-likeness (QED) is 0.602. The lowest BCUT2D eigenvalue weighted by atomic mass is 10.1. The number of quaternary nitrogens is 1. The summed E-state index contributed by atoms with van der Waals surface area (Å²) in [4.78, 5) is 23.7. The molecule has 1 aromatic carbocycles. The fraction of sp³-hybridized carbons (Fsp3) is 0.500. The van der Waals surface area contributed by atoms with E-state index in [4.69, 9.17) is 9.47 Å². The number of hydrogen-bond donors (Lipinski definition) is 3. The average Bonchev–Trinajstić information content (AvgIpc) is 2.57. The first-order valence-electron chi connectivity index (χ1n) is 7.81. The Hall–Kier alpha value is -2.49. The minimum absolute atomic E-state index is 0.0489. The summed E-state index contributed by atoms with van der Waals surface area (Å²) in [5.74, 6) is 0.553. The summed E-state index contributed by atoms with van der Waals surface area (Å²) in [6.07, 6.45) is -3.89. The van der Waals surface area contributed by atoms with Gasteiger partial charge in [0.2, 0.25) is 0 Å². The molecule has 0 spiro atoms. The number of amides is 3. The molecule has 146 valence electrons. The molecule has 0 fully saturated rings. The van der Waals surface area contributed by atoms with Gasteiger partial charge >= 0.3 is 12.2 Å². The zero-order valence-corrected chi connectivity index (χ0v) is 14.8. The van der Waals surface area contributed by atoms with Crippen molar-refractivity contribution in [2.24, 2.45) is 0 Å². The van der Waals surface area contributed by atoms with Crippen molar-refractivity contribution in [1.29, 1.82) is 0 Å². The lowest BCUT2D eigenvalue weighted by Gasteiger charge is -2.15. The van der Waals surface area contributed by atoms with Gasteiger partial charge in [-0.15, -0.1) is 0 Å². The molecule has 0 heterocycles. The Morgan fingerprint density at radius 1 is 1.15 bits per heavy atom. The Balaban J connectivity index is 2.40. The second kappa shape index (κ2) is 9.85. The molecule has 1 atom stereocenters. The number of likely N-dealkylation sites (N-methyl/N-ethyl adjacent to an activating group) is 1. The number of imide groups is 1. The molecule has 3 N–H and O–H groups in total. The van der Waals surface area contributed by atoms with Gasteiger partial charge in [0.15, 0.2) is 18.0 Å². The Kier molecular flexibility index (Phi) is 8.17. The minimum Gasteiger partial charge on any atom is -0.493 e. The van der Waals surface area contributed by atoms with Gasteiger partial charge in [-0.1, -0.05) is 6.07 Å². The fourth-order valence-corrected chi connectivity index (χ4v) is 2.15. The van der Waals surface area contributed by atoms with Crippen LogP contribution in [0.5, 0.6) is 11.5 Å². The summed E-state index contributed by atoms with van der Waals surface area (Å²) in [6, 6.07) is 4.32. The van der Waals surface area contributed by atoms with Gasteiger partial charge in [0.25, 0.3) is 5.91 Å². The third-order valence-electron chi connectivity index (χ3n) is 3.45. The summed E-state index contributed by atoms with van der Waals surface area (Å²) < 4.78 is 46.3. The molecule has 0 aliphatic carbocycles. The molecule has 0 aromatic heterocycles. The third kappa shape index (κ3) is 8.06. The van der Waals surface area contributed by atoms with Gasteiger partial charge in [0.05, 0.1) is 27.8 Å². The third-order valence-corrected chi connectivity index (χ3v) is 3.45. The number of halogens is 3. The summed E-state index contributed by atoms with van der Waals surface area (Å²) in [6.45, 7) is -0.964. The molecule has 0 bridgehead atoms. The number of urea groups is 1. The molecule has 1 rings (SSSR count). The van der Waals surface area contributed by atoms with Crippen LogP contribution >= 0.6 is 0 Å². The predicted molar refractivity (Wildman–Crippen MR) is 87.5 cm³/mol. The predicted octanol–water partition coefficient (Wildman–Crippen LogP) is 0.149. The SMILES string of the molecule is COc1ccc(CC[NH+](C)CC(=O)NC(=O)NCC(F)(F)F)cc1OC. The van der Waals surface area contributed by atoms with Crippen LogP contribution in [0.25, 0.3) is 0 Å². The van der Waals surface area contributed by atoms with Crippen LogP contribution in [0.15, 0.2) is 18.2 Å². The molecule has 10 heteroatoms. The molecule has 26 heavy (non-hydrogen) atoms. The molecule has 0 saturated heterocycles. The van der Waals surface area contributed by atoms with Gasteiger partial charge in [0.1, 0.15) is 6.54 Å². The van der Waals surface area contributed by atoms with E-state index in [2.05, 4.69) is 0 Å². The lowest BCUT2D eigenvalue weighted by molar-refractivity contribution is -0.870. The zero-order valence-electron chi connectivity index (χ0n) is 14.8. The highest BCUT2D eigenvalue weighted by atomic mass is 19.4. The summed E-state index contributed by atoms with van der Waals surface area (Å²) in [5.41, 5.74) is 0.977. The average molecular weight is 378 g/mol. The van der Waals surface area contributed by atoms with Gasteiger partial charge in [-0.2, -0.15) is 13.2 Å². The largest absolute Gasteiger partial charge is 0.493 e. The van der Waals surface area contributed by atoms with Crippen LogP contribution in [0.2, 0.25) is 0 Å². The molecule has 7 nitrogen and oxygen atoms in total. The summed E-state index contributed by atoms with van der Waals surface area (Å²) in [5, 5.41) is 3.45. The zero-order chi connectivity index (χ0) is 19.7. The van der Waals surface area contributed by atoms with Crippen molar-refractivity contribution in [2.75, 3.05) is 40.9 Å². The van der Waals surface area contributed by atoms with Crippen LogP contribution in [-0.2, 0) is 11.2 Å². The van der Waals surface area contributed by atoms with E-state index in [0.717, 1.165) is 10.5 Å².